The lowest BCUT2D eigenvalue weighted by atomic mass is 10.1. The normalized spacial score (nSPS) is 17.3. The Balaban J connectivity index is 0.00000392. The lowest BCUT2D eigenvalue weighted by Crippen LogP contribution is -2.44. The van der Waals surface area contributed by atoms with E-state index in [2.05, 4.69) is 32.5 Å². The number of amides is 1. The number of aryl methyl sites for hydroxylation is 2. The number of carbonyl (C=O) groups is 1. The molecule has 1 unspecified atom stereocenters. The summed E-state index contributed by atoms with van der Waals surface area (Å²) < 4.78 is 7.26. The summed E-state index contributed by atoms with van der Waals surface area (Å²) in [6.07, 6.45) is 1.42. The van der Waals surface area contributed by atoms with Crippen molar-refractivity contribution in [1.29, 1.82) is 0 Å². The first-order valence-corrected chi connectivity index (χ1v) is 9.55. The second kappa shape index (κ2) is 10.3. The molecule has 2 N–H and O–H groups in total. The summed E-state index contributed by atoms with van der Waals surface area (Å²) in [7, 11) is 3.76. The first-order chi connectivity index (χ1) is 12.6. The highest BCUT2D eigenvalue weighted by atomic mass is 127. The fourth-order valence-electron chi connectivity index (χ4n) is 3.36. The maximum atomic E-state index is 11.9. The summed E-state index contributed by atoms with van der Waals surface area (Å²) in [6, 6.07) is 0.0706. The monoisotopic (exact) mass is 506 g/mol. The van der Waals surface area contributed by atoms with Gasteiger partial charge in [-0.2, -0.15) is 5.10 Å². The number of carbonyl (C=O) groups excluding carboxylic acids is 1. The molecule has 1 aromatic heterocycles. The third-order valence-corrected chi connectivity index (χ3v) is 4.74. The van der Waals surface area contributed by atoms with E-state index in [9.17, 15) is 4.79 Å². The third-order valence-electron chi connectivity index (χ3n) is 4.74. The Morgan fingerprint density at radius 1 is 1.36 bits per heavy atom. The van der Waals surface area contributed by atoms with Crippen molar-refractivity contribution < 1.29 is 9.53 Å². The zero-order valence-electron chi connectivity index (χ0n) is 18.1. The molecule has 1 aliphatic rings. The minimum atomic E-state index is -0.484. The SMILES string of the molecule is CN=C(NCCc1c(C)nn(C)c1C)N1CCC(NC(=O)OC(C)(C)C)C1.I. The molecule has 1 fully saturated rings. The van der Waals surface area contributed by atoms with Crippen LogP contribution in [0, 0.1) is 13.8 Å². The number of nitrogens with one attached hydrogen (secondary N) is 2. The molecule has 1 aromatic rings. The van der Waals surface area contributed by atoms with Gasteiger partial charge in [0, 0.05) is 39.4 Å². The van der Waals surface area contributed by atoms with E-state index in [-0.39, 0.29) is 36.1 Å². The van der Waals surface area contributed by atoms with Gasteiger partial charge >= 0.3 is 6.09 Å². The Morgan fingerprint density at radius 2 is 2.04 bits per heavy atom. The quantitative estimate of drug-likeness (QED) is 0.372. The van der Waals surface area contributed by atoms with E-state index in [0.29, 0.717) is 0 Å². The minimum Gasteiger partial charge on any atom is -0.444 e. The number of ether oxygens (including phenoxy) is 1. The van der Waals surface area contributed by atoms with Gasteiger partial charge in [-0.05, 0) is 53.0 Å². The molecular formula is C19H35IN6O2. The molecule has 0 bridgehead atoms. The lowest BCUT2D eigenvalue weighted by Gasteiger charge is -2.23. The first-order valence-electron chi connectivity index (χ1n) is 9.55. The van der Waals surface area contributed by atoms with E-state index in [0.717, 1.165) is 44.1 Å². The minimum absolute atomic E-state index is 0. The van der Waals surface area contributed by atoms with Gasteiger partial charge in [-0.15, -0.1) is 24.0 Å². The Morgan fingerprint density at radius 3 is 2.57 bits per heavy atom. The molecule has 1 atom stereocenters. The molecule has 0 spiro atoms. The third kappa shape index (κ3) is 6.82. The molecule has 2 rings (SSSR count). The zero-order valence-corrected chi connectivity index (χ0v) is 20.5. The number of likely N-dealkylation sites (tertiary alicyclic amines) is 1. The molecule has 0 aliphatic carbocycles. The molecule has 0 radical (unpaired) electrons. The van der Waals surface area contributed by atoms with Crippen molar-refractivity contribution in [3.63, 3.8) is 0 Å². The molecule has 1 saturated heterocycles. The standard InChI is InChI=1S/C19H34N6O2.HI/c1-13-16(14(2)24(7)23-13)8-10-21-17(20-6)25-11-9-15(12-25)22-18(26)27-19(3,4)5;/h15H,8-12H2,1-7H3,(H,20,21)(H,22,26);1H. The number of guanidine groups is 1. The van der Waals surface area contributed by atoms with E-state index < -0.39 is 5.60 Å². The second-order valence-corrected chi connectivity index (χ2v) is 8.07. The highest BCUT2D eigenvalue weighted by Crippen LogP contribution is 2.13. The van der Waals surface area contributed by atoms with Gasteiger partial charge in [0.1, 0.15) is 5.60 Å². The number of hydrogen-bond acceptors (Lipinski definition) is 4. The molecule has 1 amide bonds. The molecule has 28 heavy (non-hydrogen) atoms. The summed E-state index contributed by atoms with van der Waals surface area (Å²) in [5, 5.41) is 10.8. The van der Waals surface area contributed by atoms with Gasteiger partial charge in [0.15, 0.2) is 5.96 Å². The number of alkyl carbamates (subject to hydrolysis) is 1. The van der Waals surface area contributed by atoms with Crippen LogP contribution in [0.25, 0.3) is 0 Å². The average Bonchev–Trinajstić information content (AvgIpc) is 3.09. The van der Waals surface area contributed by atoms with E-state index in [1.54, 1.807) is 7.05 Å². The molecule has 160 valence electrons. The number of nitrogens with zero attached hydrogens (tertiary/aromatic N) is 4. The summed E-state index contributed by atoms with van der Waals surface area (Å²) in [4.78, 5) is 18.5. The molecule has 9 heteroatoms. The second-order valence-electron chi connectivity index (χ2n) is 8.07. The highest BCUT2D eigenvalue weighted by molar-refractivity contribution is 14.0. The largest absolute Gasteiger partial charge is 0.444 e. The summed E-state index contributed by atoms with van der Waals surface area (Å²) in [6.45, 7) is 12.1. The van der Waals surface area contributed by atoms with E-state index >= 15 is 0 Å². The van der Waals surface area contributed by atoms with Gasteiger partial charge in [-0.1, -0.05) is 0 Å². The van der Waals surface area contributed by atoms with Crippen LogP contribution in [0.2, 0.25) is 0 Å². The van der Waals surface area contributed by atoms with Crippen LogP contribution in [0.15, 0.2) is 4.99 Å². The van der Waals surface area contributed by atoms with Crippen LogP contribution in [0.1, 0.15) is 44.1 Å². The van der Waals surface area contributed by atoms with E-state index in [4.69, 9.17) is 4.74 Å². The molecule has 2 heterocycles. The van der Waals surface area contributed by atoms with Crippen LogP contribution in [-0.4, -0.2) is 65.1 Å². The predicted molar refractivity (Wildman–Crippen MR) is 123 cm³/mol. The van der Waals surface area contributed by atoms with Gasteiger partial charge in [0.05, 0.1) is 11.7 Å². The van der Waals surface area contributed by atoms with Crippen LogP contribution in [0.4, 0.5) is 4.79 Å². The van der Waals surface area contributed by atoms with Crippen molar-refractivity contribution in [3.8, 4) is 0 Å². The Labute approximate surface area is 185 Å². The number of halogens is 1. The number of aliphatic imine (C=N–C) groups is 1. The number of hydrogen-bond donors (Lipinski definition) is 2. The van der Waals surface area contributed by atoms with Gasteiger partial charge < -0.3 is 20.3 Å². The van der Waals surface area contributed by atoms with Gasteiger partial charge in [-0.3, -0.25) is 9.67 Å². The summed E-state index contributed by atoms with van der Waals surface area (Å²) in [5.41, 5.74) is 3.08. The van der Waals surface area contributed by atoms with Crippen molar-refractivity contribution in [2.75, 3.05) is 26.7 Å². The first kappa shape index (κ1) is 24.5. The van der Waals surface area contributed by atoms with Crippen molar-refractivity contribution >= 4 is 36.0 Å². The van der Waals surface area contributed by atoms with E-state index in [1.165, 1.54) is 11.3 Å². The Kier molecular flexibility index (Phi) is 9.03. The smallest absolute Gasteiger partial charge is 0.407 e. The highest BCUT2D eigenvalue weighted by Gasteiger charge is 2.27. The van der Waals surface area contributed by atoms with Crippen molar-refractivity contribution in [2.45, 2.75) is 59.1 Å². The fourth-order valence-corrected chi connectivity index (χ4v) is 3.36. The maximum absolute atomic E-state index is 11.9. The molecule has 8 nitrogen and oxygen atoms in total. The average molecular weight is 506 g/mol. The van der Waals surface area contributed by atoms with Crippen molar-refractivity contribution in [1.82, 2.24) is 25.3 Å². The summed E-state index contributed by atoms with van der Waals surface area (Å²) >= 11 is 0. The van der Waals surface area contributed by atoms with Crippen LogP contribution in [0.5, 0.6) is 0 Å². The number of rotatable bonds is 4. The van der Waals surface area contributed by atoms with Gasteiger partial charge in [0.2, 0.25) is 0 Å². The van der Waals surface area contributed by atoms with Crippen molar-refractivity contribution in [2.24, 2.45) is 12.0 Å². The summed E-state index contributed by atoms with van der Waals surface area (Å²) in [5.74, 6) is 0.864. The van der Waals surface area contributed by atoms with Gasteiger partial charge in [0.25, 0.3) is 0 Å². The molecular weight excluding hydrogens is 471 g/mol. The number of aromatic nitrogens is 2. The predicted octanol–water partition coefficient (Wildman–Crippen LogP) is 2.37. The van der Waals surface area contributed by atoms with E-state index in [1.807, 2.05) is 39.4 Å². The van der Waals surface area contributed by atoms with Crippen molar-refractivity contribution in [3.05, 3.63) is 17.0 Å². The fraction of sp³-hybridized carbons (Fsp3) is 0.737. The topological polar surface area (TPSA) is 83.8 Å². The van der Waals surface area contributed by atoms with Gasteiger partial charge in [-0.25, -0.2) is 4.79 Å². The van der Waals surface area contributed by atoms with Crippen LogP contribution < -0.4 is 10.6 Å². The van der Waals surface area contributed by atoms with Crippen LogP contribution in [0.3, 0.4) is 0 Å². The van der Waals surface area contributed by atoms with Crippen LogP contribution in [-0.2, 0) is 18.2 Å². The maximum Gasteiger partial charge on any atom is 0.407 e. The lowest BCUT2D eigenvalue weighted by molar-refractivity contribution is 0.0507. The molecule has 1 aliphatic heterocycles. The Hall–Kier alpha value is -1.52. The Bertz CT molecular complexity index is 695. The van der Waals surface area contributed by atoms with Crippen LogP contribution >= 0.6 is 24.0 Å². The molecule has 0 saturated carbocycles. The zero-order chi connectivity index (χ0) is 20.2. The molecule has 0 aromatic carbocycles.